The van der Waals surface area contributed by atoms with E-state index in [1.807, 2.05) is 19.9 Å². The largest absolute Gasteiger partial charge is 0.480 e. The Hall–Kier alpha value is -2.93. The van der Waals surface area contributed by atoms with E-state index in [0.29, 0.717) is 27.2 Å². The summed E-state index contributed by atoms with van der Waals surface area (Å²) >= 11 is 6.18. The fourth-order valence-corrected chi connectivity index (χ4v) is 3.04. The fraction of sp³-hybridized carbons (Fsp3) is 0.222. The minimum atomic E-state index is -1.13. The molecule has 0 aliphatic rings. The fourth-order valence-electron chi connectivity index (χ4n) is 2.73. The molecule has 0 bridgehead atoms. The number of carbonyl (C=O) groups excluding carboxylic acids is 1. The van der Waals surface area contributed by atoms with Gasteiger partial charge in [-0.05, 0) is 48.7 Å². The third kappa shape index (κ3) is 3.67. The van der Waals surface area contributed by atoms with E-state index in [-0.39, 0.29) is 6.42 Å². The molecule has 3 rings (SSSR count). The number of aromatic nitrogens is 3. The third-order valence-electron chi connectivity index (χ3n) is 4.11. The van der Waals surface area contributed by atoms with E-state index in [0.717, 1.165) is 11.1 Å². The molecular formula is C18H17ClN4O3. The van der Waals surface area contributed by atoms with Crippen molar-refractivity contribution < 1.29 is 14.7 Å². The maximum atomic E-state index is 12.5. The number of nitrogens with one attached hydrogen (secondary N) is 2. The van der Waals surface area contributed by atoms with Crippen molar-refractivity contribution in [3.8, 4) is 0 Å². The summed E-state index contributed by atoms with van der Waals surface area (Å²) in [5, 5.41) is 23.0. The van der Waals surface area contributed by atoms with Crippen LogP contribution in [0.25, 0.3) is 11.0 Å². The lowest BCUT2D eigenvalue weighted by molar-refractivity contribution is -0.139. The Morgan fingerprint density at radius 2 is 2.00 bits per heavy atom. The van der Waals surface area contributed by atoms with E-state index >= 15 is 0 Å². The van der Waals surface area contributed by atoms with Crippen LogP contribution in [0.15, 0.2) is 30.3 Å². The first-order chi connectivity index (χ1) is 12.3. The van der Waals surface area contributed by atoms with Crippen LogP contribution in [0, 0.1) is 13.8 Å². The average Bonchev–Trinajstić information content (AvgIpc) is 3.05. The summed E-state index contributed by atoms with van der Waals surface area (Å²) in [6, 6.07) is 7.50. The quantitative estimate of drug-likeness (QED) is 0.638. The lowest BCUT2D eigenvalue weighted by Gasteiger charge is -2.16. The number of nitrogens with zero attached hydrogens (tertiary/aromatic N) is 2. The molecule has 134 valence electrons. The first kappa shape index (κ1) is 17.9. The van der Waals surface area contributed by atoms with Gasteiger partial charge < -0.3 is 10.4 Å². The number of aliphatic carboxylic acids is 1. The van der Waals surface area contributed by atoms with Crippen molar-refractivity contribution in [3.05, 3.63) is 57.6 Å². The molecule has 0 saturated heterocycles. The third-order valence-corrected chi connectivity index (χ3v) is 4.46. The molecule has 2 aromatic carbocycles. The van der Waals surface area contributed by atoms with Crippen LogP contribution in [-0.4, -0.2) is 38.4 Å². The van der Waals surface area contributed by atoms with Gasteiger partial charge in [-0.1, -0.05) is 23.7 Å². The van der Waals surface area contributed by atoms with Crippen molar-refractivity contribution in [1.82, 2.24) is 20.7 Å². The molecule has 1 atom stereocenters. The van der Waals surface area contributed by atoms with Crippen LogP contribution in [0.5, 0.6) is 0 Å². The molecule has 7 nitrogen and oxygen atoms in total. The van der Waals surface area contributed by atoms with Gasteiger partial charge in [0.05, 0.1) is 0 Å². The summed E-state index contributed by atoms with van der Waals surface area (Å²) < 4.78 is 0. The molecule has 1 aromatic heterocycles. The number of carbonyl (C=O) groups is 2. The summed E-state index contributed by atoms with van der Waals surface area (Å²) in [6.07, 6.45) is 0.0887. The summed E-state index contributed by atoms with van der Waals surface area (Å²) in [5.41, 5.74) is 3.95. The molecular weight excluding hydrogens is 356 g/mol. The second kappa shape index (κ2) is 7.13. The number of hydrogen-bond donors (Lipinski definition) is 3. The molecule has 0 aliphatic heterocycles. The number of halogens is 1. The van der Waals surface area contributed by atoms with Crippen LogP contribution in [0.1, 0.15) is 27.0 Å². The van der Waals surface area contributed by atoms with Crippen LogP contribution in [0.3, 0.4) is 0 Å². The van der Waals surface area contributed by atoms with E-state index in [4.69, 9.17) is 11.6 Å². The highest BCUT2D eigenvalue weighted by molar-refractivity contribution is 6.31. The summed E-state index contributed by atoms with van der Waals surface area (Å²) in [7, 11) is 0. The lowest BCUT2D eigenvalue weighted by atomic mass is 10.0. The number of benzene rings is 2. The normalized spacial score (nSPS) is 12.1. The van der Waals surface area contributed by atoms with Crippen molar-refractivity contribution in [2.45, 2.75) is 26.3 Å². The molecule has 0 spiro atoms. The van der Waals surface area contributed by atoms with Crippen LogP contribution in [0.2, 0.25) is 5.02 Å². The van der Waals surface area contributed by atoms with Gasteiger partial charge >= 0.3 is 5.97 Å². The van der Waals surface area contributed by atoms with Gasteiger partial charge in [-0.15, -0.1) is 0 Å². The number of fused-ring (bicyclic) bond motifs is 1. The van der Waals surface area contributed by atoms with Crippen LogP contribution in [-0.2, 0) is 11.2 Å². The molecule has 1 heterocycles. The van der Waals surface area contributed by atoms with Crippen LogP contribution < -0.4 is 5.32 Å². The van der Waals surface area contributed by atoms with Crippen molar-refractivity contribution in [2.75, 3.05) is 0 Å². The maximum Gasteiger partial charge on any atom is 0.326 e. The van der Waals surface area contributed by atoms with Crippen molar-refractivity contribution in [3.63, 3.8) is 0 Å². The minimum absolute atomic E-state index is 0.0887. The Labute approximate surface area is 154 Å². The van der Waals surface area contributed by atoms with Crippen LogP contribution >= 0.6 is 11.6 Å². The highest BCUT2D eigenvalue weighted by Gasteiger charge is 2.23. The monoisotopic (exact) mass is 372 g/mol. The molecule has 3 N–H and O–H groups in total. The summed E-state index contributed by atoms with van der Waals surface area (Å²) in [6.45, 7) is 3.71. The van der Waals surface area contributed by atoms with Crippen molar-refractivity contribution in [1.29, 1.82) is 0 Å². The molecule has 0 aliphatic carbocycles. The number of H-pyrrole nitrogens is 1. The first-order valence-corrected chi connectivity index (χ1v) is 8.33. The van der Waals surface area contributed by atoms with Gasteiger partial charge in [0.25, 0.3) is 5.91 Å². The standard InChI is InChI=1S/C18H17ClN4O3/c1-9-3-4-11(13(19)5-9)7-15(18(25)26)20-17(24)12-6-10(2)16-14(8-12)21-23-22-16/h3-6,8,15H,7H2,1-2H3,(H,20,24)(H,25,26)(H,21,22,23)/t15-/m0/s1. The summed E-state index contributed by atoms with van der Waals surface area (Å²) in [5.74, 6) is -1.62. The number of aryl methyl sites for hydroxylation is 2. The van der Waals surface area contributed by atoms with Gasteiger partial charge in [0.15, 0.2) is 0 Å². The maximum absolute atomic E-state index is 12.5. The average molecular weight is 373 g/mol. The summed E-state index contributed by atoms with van der Waals surface area (Å²) in [4.78, 5) is 24.1. The Balaban J connectivity index is 1.82. The predicted octanol–water partition coefficient (Wildman–Crippen LogP) is 2.65. The topological polar surface area (TPSA) is 108 Å². The molecule has 1 amide bonds. The zero-order valence-electron chi connectivity index (χ0n) is 14.2. The first-order valence-electron chi connectivity index (χ1n) is 7.95. The Morgan fingerprint density at radius 1 is 1.23 bits per heavy atom. The molecule has 0 saturated carbocycles. The van der Waals surface area contributed by atoms with Gasteiger partial charge in [-0.25, -0.2) is 4.79 Å². The SMILES string of the molecule is Cc1ccc(C[C@H](NC(=O)c2cc(C)c3n[nH]nc3c2)C(=O)O)c(Cl)c1. The molecule has 0 unspecified atom stereocenters. The smallest absolute Gasteiger partial charge is 0.326 e. The number of carboxylic acids is 1. The second-order valence-electron chi connectivity index (χ2n) is 6.15. The Bertz CT molecular complexity index is 999. The van der Waals surface area contributed by atoms with Crippen molar-refractivity contribution in [2.24, 2.45) is 0 Å². The van der Waals surface area contributed by atoms with Crippen molar-refractivity contribution >= 4 is 34.5 Å². The van der Waals surface area contributed by atoms with E-state index in [1.54, 1.807) is 24.3 Å². The predicted molar refractivity (Wildman–Crippen MR) is 97.4 cm³/mol. The zero-order chi connectivity index (χ0) is 18.8. The zero-order valence-corrected chi connectivity index (χ0v) is 15.0. The highest BCUT2D eigenvalue weighted by Crippen LogP contribution is 2.20. The molecule has 3 aromatic rings. The molecule has 26 heavy (non-hydrogen) atoms. The Morgan fingerprint density at radius 3 is 2.69 bits per heavy atom. The number of rotatable bonds is 5. The molecule has 0 radical (unpaired) electrons. The van der Waals surface area contributed by atoms with Crippen LogP contribution in [0.4, 0.5) is 0 Å². The Kier molecular flexibility index (Phi) is 4.90. The van der Waals surface area contributed by atoms with E-state index in [9.17, 15) is 14.7 Å². The lowest BCUT2D eigenvalue weighted by Crippen LogP contribution is -2.42. The number of hydrogen-bond acceptors (Lipinski definition) is 4. The number of carboxylic acid groups (broad SMARTS) is 1. The van der Waals surface area contributed by atoms with E-state index < -0.39 is 17.9 Å². The second-order valence-corrected chi connectivity index (χ2v) is 6.55. The highest BCUT2D eigenvalue weighted by atomic mass is 35.5. The molecule has 8 heteroatoms. The number of aromatic amines is 1. The van der Waals surface area contributed by atoms with Gasteiger partial charge in [0, 0.05) is 17.0 Å². The van der Waals surface area contributed by atoms with Gasteiger partial charge in [0.2, 0.25) is 0 Å². The van der Waals surface area contributed by atoms with Gasteiger partial charge in [-0.3, -0.25) is 4.79 Å². The van der Waals surface area contributed by atoms with Gasteiger partial charge in [-0.2, -0.15) is 15.4 Å². The van der Waals surface area contributed by atoms with Gasteiger partial charge in [0.1, 0.15) is 17.1 Å². The minimum Gasteiger partial charge on any atom is -0.480 e. The molecule has 0 fully saturated rings. The van der Waals surface area contributed by atoms with E-state index in [1.165, 1.54) is 0 Å². The number of amides is 1. The van der Waals surface area contributed by atoms with E-state index in [2.05, 4.69) is 20.7 Å².